The number of rotatable bonds is 4. The zero-order valence-corrected chi connectivity index (χ0v) is 14.0. The van der Waals surface area contributed by atoms with E-state index in [0.29, 0.717) is 0 Å². The number of aryl methyl sites for hydroxylation is 1. The van der Waals surface area contributed by atoms with E-state index in [1.165, 1.54) is 57.2 Å². The van der Waals surface area contributed by atoms with Gasteiger partial charge in [0.1, 0.15) is 0 Å². The van der Waals surface area contributed by atoms with Crippen LogP contribution in [0.1, 0.15) is 36.0 Å². The Labute approximate surface area is 140 Å². The van der Waals surface area contributed by atoms with Gasteiger partial charge in [0.05, 0.1) is 0 Å². The number of benzene rings is 2. The van der Waals surface area contributed by atoms with Crippen LogP contribution in [-0.4, -0.2) is 24.0 Å². The van der Waals surface area contributed by atoms with E-state index in [9.17, 15) is 0 Å². The van der Waals surface area contributed by atoms with Crippen LogP contribution in [0.5, 0.6) is 0 Å². The van der Waals surface area contributed by atoms with E-state index < -0.39 is 0 Å². The molecule has 1 aliphatic carbocycles. The summed E-state index contributed by atoms with van der Waals surface area (Å²) in [5, 5.41) is 0. The third-order valence-electron chi connectivity index (χ3n) is 5.75. The van der Waals surface area contributed by atoms with Crippen molar-refractivity contribution >= 4 is 0 Å². The Balaban J connectivity index is 1.41. The molecule has 2 heterocycles. The molecule has 0 unspecified atom stereocenters. The van der Waals surface area contributed by atoms with Crippen LogP contribution >= 0.6 is 0 Å². The Hall–Kier alpha value is -1.60. The first-order chi connectivity index (χ1) is 11.4. The Bertz CT molecular complexity index is 633. The Morgan fingerprint density at radius 3 is 2.39 bits per heavy atom. The minimum atomic E-state index is 0.767. The third kappa shape index (κ3) is 3.50. The van der Waals surface area contributed by atoms with E-state index >= 15 is 0 Å². The minimum absolute atomic E-state index is 0.767. The molecule has 1 heteroatoms. The predicted molar refractivity (Wildman–Crippen MR) is 96.7 cm³/mol. The number of fused-ring (bicyclic) bond motifs is 2. The molecule has 0 saturated carbocycles. The molecule has 0 spiro atoms. The molecule has 0 amide bonds. The molecule has 1 nitrogen and oxygen atoms in total. The van der Waals surface area contributed by atoms with E-state index in [-0.39, 0.29) is 0 Å². The minimum Gasteiger partial charge on any atom is -0.300 e. The average Bonchev–Trinajstić information content (AvgIpc) is 2.56. The molecule has 2 bridgehead atoms. The molecule has 2 atom stereocenters. The number of piperidine rings is 1. The van der Waals surface area contributed by atoms with Gasteiger partial charge in [0.2, 0.25) is 0 Å². The fourth-order valence-electron chi connectivity index (χ4n) is 4.51. The zero-order valence-electron chi connectivity index (χ0n) is 14.0. The van der Waals surface area contributed by atoms with Gasteiger partial charge in [-0.1, -0.05) is 54.6 Å². The maximum Gasteiger partial charge on any atom is 0.0136 e. The molecular weight excluding hydrogens is 278 g/mol. The topological polar surface area (TPSA) is 3.24 Å². The van der Waals surface area contributed by atoms with Gasteiger partial charge in [-0.05, 0) is 67.7 Å². The lowest BCUT2D eigenvalue weighted by Crippen LogP contribution is -2.47. The Morgan fingerprint density at radius 2 is 1.57 bits per heavy atom. The van der Waals surface area contributed by atoms with E-state index in [1.54, 1.807) is 11.1 Å². The maximum atomic E-state index is 2.80. The summed E-state index contributed by atoms with van der Waals surface area (Å²) in [6, 6.07) is 20.9. The summed E-state index contributed by atoms with van der Waals surface area (Å²) in [5.41, 5.74) is 4.70. The third-order valence-corrected chi connectivity index (χ3v) is 5.75. The number of hydrogen-bond donors (Lipinski definition) is 0. The van der Waals surface area contributed by atoms with Gasteiger partial charge < -0.3 is 0 Å². The van der Waals surface area contributed by atoms with Crippen molar-refractivity contribution in [2.45, 2.75) is 44.6 Å². The van der Waals surface area contributed by atoms with E-state index in [4.69, 9.17) is 0 Å². The molecule has 120 valence electrons. The summed E-state index contributed by atoms with van der Waals surface area (Å²) in [6.45, 7) is 2.58. The van der Waals surface area contributed by atoms with Crippen LogP contribution in [0.4, 0.5) is 0 Å². The summed E-state index contributed by atoms with van der Waals surface area (Å²) in [7, 11) is 0. The van der Waals surface area contributed by atoms with Crippen molar-refractivity contribution in [2.24, 2.45) is 5.92 Å². The molecule has 0 aromatic heterocycles. The van der Waals surface area contributed by atoms with E-state index in [1.807, 2.05) is 0 Å². The van der Waals surface area contributed by atoms with E-state index in [2.05, 4.69) is 59.5 Å². The van der Waals surface area contributed by atoms with Crippen molar-refractivity contribution in [2.75, 3.05) is 13.1 Å². The van der Waals surface area contributed by atoms with Crippen LogP contribution in [-0.2, 0) is 19.3 Å². The second kappa shape index (κ2) is 6.88. The van der Waals surface area contributed by atoms with Crippen molar-refractivity contribution in [3.63, 3.8) is 0 Å². The molecule has 3 aliphatic rings. The average molecular weight is 305 g/mol. The molecule has 2 aliphatic heterocycles. The molecule has 5 rings (SSSR count). The van der Waals surface area contributed by atoms with Crippen molar-refractivity contribution in [1.82, 2.24) is 4.90 Å². The van der Waals surface area contributed by atoms with Gasteiger partial charge in [0.25, 0.3) is 0 Å². The smallest absolute Gasteiger partial charge is 0.0136 e. The Kier molecular flexibility index (Phi) is 4.48. The summed E-state index contributed by atoms with van der Waals surface area (Å²) in [6.07, 6.45) is 7.87. The Morgan fingerprint density at radius 1 is 0.826 bits per heavy atom. The SMILES string of the molecule is c1ccc(CCCN2C[C@@H]3CC[C@H]2Cc2ccccc2C3)cc1. The van der Waals surface area contributed by atoms with Gasteiger partial charge in [-0.2, -0.15) is 0 Å². The normalized spacial score (nSPS) is 24.0. The van der Waals surface area contributed by atoms with Crippen LogP contribution in [0.3, 0.4) is 0 Å². The second-order valence-electron chi connectivity index (χ2n) is 7.36. The highest BCUT2D eigenvalue weighted by Gasteiger charge is 2.31. The van der Waals surface area contributed by atoms with Crippen molar-refractivity contribution in [1.29, 1.82) is 0 Å². The molecule has 0 N–H and O–H groups in total. The van der Waals surface area contributed by atoms with Crippen LogP contribution in [0, 0.1) is 5.92 Å². The van der Waals surface area contributed by atoms with Gasteiger partial charge >= 0.3 is 0 Å². The molecular formula is C22H27N. The largest absolute Gasteiger partial charge is 0.300 e. The lowest BCUT2D eigenvalue weighted by molar-refractivity contribution is 0.0999. The zero-order chi connectivity index (χ0) is 15.5. The first-order valence-corrected chi connectivity index (χ1v) is 9.23. The highest BCUT2D eigenvalue weighted by molar-refractivity contribution is 5.29. The molecule has 23 heavy (non-hydrogen) atoms. The van der Waals surface area contributed by atoms with Crippen molar-refractivity contribution in [3.05, 3.63) is 71.3 Å². The molecule has 2 aromatic carbocycles. The molecule has 1 fully saturated rings. The highest BCUT2D eigenvalue weighted by Crippen LogP contribution is 2.32. The molecule has 2 aromatic rings. The van der Waals surface area contributed by atoms with Crippen LogP contribution in [0.15, 0.2) is 54.6 Å². The van der Waals surface area contributed by atoms with Gasteiger partial charge in [0, 0.05) is 12.6 Å². The number of nitrogens with zero attached hydrogens (tertiary/aromatic N) is 1. The lowest BCUT2D eigenvalue weighted by Gasteiger charge is -2.42. The first kappa shape index (κ1) is 15.0. The van der Waals surface area contributed by atoms with Gasteiger partial charge in [-0.3, -0.25) is 4.90 Å². The highest BCUT2D eigenvalue weighted by atomic mass is 15.2. The quantitative estimate of drug-likeness (QED) is 0.804. The summed E-state index contributed by atoms with van der Waals surface area (Å²) in [5.74, 6) is 0.865. The molecule has 1 saturated heterocycles. The summed E-state index contributed by atoms with van der Waals surface area (Å²) >= 11 is 0. The van der Waals surface area contributed by atoms with Crippen LogP contribution < -0.4 is 0 Å². The van der Waals surface area contributed by atoms with Gasteiger partial charge in [-0.25, -0.2) is 0 Å². The number of hydrogen-bond acceptors (Lipinski definition) is 1. The summed E-state index contributed by atoms with van der Waals surface area (Å²) < 4.78 is 0. The van der Waals surface area contributed by atoms with Crippen LogP contribution in [0.25, 0.3) is 0 Å². The first-order valence-electron chi connectivity index (χ1n) is 9.23. The fourth-order valence-corrected chi connectivity index (χ4v) is 4.51. The lowest BCUT2D eigenvalue weighted by atomic mass is 9.80. The second-order valence-corrected chi connectivity index (χ2v) is 7.36. The van der Waals surface area contributed by atoms with Crippen LogP contribution in [0.2, 0.25) is 0 Å². The fraction of sp³-hybridized carbons (Fsp3) is 0.455. The van der Waals surface area contributed by atoms with Crippen molar-refractivity contribution in [3.8, 4) is 0 Å². The maximum absolute atomic E-state index is 2.80. The van der Waals surface area contributed by atoms with Gasteiger partial charge in [0.15, 0.2) is 0 Å². The molecule has 0 radical (unpaired) electrons. The standard InChI is InChI=1S/C22H27N/c1-2-7-18(8-3-1)9-6-14-23-17-19-12-13-22(23)16-21-11-5-4-10-20(21)15-19/h1-5,7-8,10-11,19,22H,6,9,12-17H2/t19-,22+/m1/s1. The summed E-state index contributed by atoms with van der Waals surface area (Å²) in [4.78, 5) is 2.80. The van der Waals surface area contributed by atoms with Gasteiger partial charge in [-0.15, -0.1) is 0 Å². The van der Waals surface area contributed by atoms with Crippen molar-refractivity contribution < 1.29 is 0 Å². The monoisotopic (exact) mass is 305 g/mol. The predicted octanol–water partition coefficient (Wildman–Crippen LogP) is 4.50. The van der Waals surface area contributed by atoms with E-state index in [0.717, 1.165) is 12.0 Å².